The van der Waals surface area contributed by atoms with E-state index in [4.69, 9.17) is 4.74 Å². The number of ether oxygens (including phenoxy) is 1. The molecule has 0 aromatic carbocycles. The minimum atomic E-state index is 0.203. The van der Waals surface area contributed by atoms with Crippen molar-refractivity contribution in [3.8, 4) is 5.82 Å². The molecule has 0 fully saturated rings. The van der Waals surface area contributed by atoms with Gasteiger partial charge < -0.3 is 10.1 Å². The van der Waals surface area contributed by atoms with Gasteiger partial charge in [0.25, 0.3) is 0 Å². The fraction of sp³-hybridized carbons (Fsp3) is 0.455. The normalized spacial score (nSPS) is 12.6. The highest BCUT2D eigenvalue weighted by Crippen LogP contribution is 2.13. The minimum absolute atomic E-state index is 0.203. The number of aromatic nitrogens is 4. The summed E-state index contributed by atoms with van der Waals surface area (Å²) in [6.45, 7) is 2.68. The number of anilines is 1. The Balaban J connectivity index is 2.20. The van der Waals surface area contributed by atoms with Crippen molar-refractivity contribution in [2.75, 3.05) is 19.0 Å². The van der Waals surface area contributed by atoms with Gasteiger partial charge in [0.2, 0.25) is 5.95 Å². The molecular formula is C11H17N5O. The Morgan fingerprint density at radius 3 is 2.94 bits per heavy atom. The largest absolute Gasteiger partial charge is 0.383 e. The predicted molar refractivity (Wildman–Crippen MR) is 65.3 cm³/mol. The van der Waals surface area contributed by atoms with E-state index in [2.05, 4.69) is 15.4 Å². The Labute approximate surface area is 100 Å². The number of methoxy groups -OCH3 is 1. The van der Waals surface area contributed by atoms with Gasteiger partial charge in [-0.3, -0.25) is 9.25 Å². The molecule has 0 aliphatic carbocycles. The molecule has 1 unspecified atom stereocenters. The van der Waals surface area contributed by atoms with E-state index in [-0.39, 0.29) is 6.04 Å². The van der Waals surface area contributed by atoms with Crippen molar-refractivity contribution in [3.63, 3.8) is 0 Å². The first-order chi connectivity index (χ1) is 8.22. The molecule has 0 saturated carbocycles. The summed E-state index contributed by atoms with van der Waals surface area (Å²) < 4.78 is 8.85. The third kappa shape index (κ3) is 2.47. The first kappa shape index (κ1) is 11.7. The summed E-state index contributed by atoms with van der Waals surface area (Å²) >= 11 is 0. The molecule has 0 spiro atoms. The Bertz CT molecular complexity index is 476. The van der Waals surface area contributed by atoms with Crippen molar-refractivity contribution in [3.05, 3.63) is 24.7 Å². The van der Waals surface area contributed by atoms with E-state index >= 15 is 0 Å². The predicted octanol–water partition coefficient (Wildman–Crippen LogP) is 1.05. The molecule has 2 aromatic rings. The second-order valence-electron chi connectivity index (χ2n) is 3.93. The molecule has 0 radical (unpaired) electrons. The van der Waals surface area contributed by atoms with Crippen molar-refractivity contribution in [2.24, 2.45) is 7.05 Å². The molecule has 0 amide bonds. The lowest BCUT2D eigenvalue weighted by Crippen LogP contribution is -2.23. The first-order valence-corrected chi connectivity index (χ1v) is 5.49. The van der Waals surface area contributed by atoms with Crippen molar-refractivity contribution in [1.29, 1.82) is 0 Å². The zero-order valence-electron chi connectivity index (χ0n) is 10.3. The maximum atomic E-state index is 5.09. The van der Waals surface area contributed by atoms with Gasteiger partial charge in [-0.1, -0.05) is 0 Å². The number of rotatable bonds is 5. The van der Waals surface area contributed by atoms with Crippen LogP contribution >= 0.6 is 0 Å². The highest BCUT2D eigenvalue weighted by molar-refractivity contribution is 5.37. The Morgan fingerprint density at radius 1 is 1.47 bits per heavy atom. The first-order valence-electron chi connectivity index (χ1n) is 5.49. The number of imidazole rings is 1. The van der Waals surface area contributed by atoms with Crippen molar-refractivity contribution in [2.45, 2.75) is 13.0 Å². The average molecular weight is 235 g/mol. The maximum Gasteiger partial charge on any atom is 0.208 e. The van der Waals surface area contributed by atoms with E-state index in [1.54, 1.807) is 24.2 Å². The molecule has 0 aliphatic heterocycles. The van der Waals surface area contributed by atoms with Crippen LogP contribution in [0.4, 0.5) is 5.95 Å². The molecule has 2 rings (SSSR count). The van der Waals surface area contributed by atoms with Crippen LogP contribution in [0.2, 0.25) is 0 Å². The monoisotopic (exact) mass is 235 g/mol. The van der Waals surface area contributed by atoms with Crippen LogP contribution in [-0.4, -0.2) is 39.1 Å². The van der Waals surface area contributed by atoms with E-state index in [0.717, 1.165) is 11.8 Å². The second-order valence-corrected chi connectivity index (χ2v) is 3.93. The maximum absolute atomic E-state index is 5.09. The van der Waals surface area contributed by atoms with Gasteiger partial charge >= 0.3 is 0 Å². The van der Waals surface area contributed by atoms with Crippen molar-refractivity contribution < 1.29 is 4.74 Å². The molecular weight excluding hydrogens is 218 g/mol. The Hall–Kier alpha value is -1.82. The topological polar surface area (TPSA) is 56.9 Å². The van der Waals surface area contributed by atoms with Crippen molar-refractivity contribution in [1.82, 2.24) is 19.3 Å². The summed E-state index contributed by atoms with van der Waals surface area (Å²) in [5, 5.41) is 7.44. The van der Waals surface area contributed by atoms with Crippen LogP contribution in [0.3, 0.4) is 0 Å². The van der Waals surface area contributed by atoms with E-state index < -0.39 is 0 Å². The number of hydrogen-bond donors (Lipinski definition) is 1. The van der Waals surface area contributed by atoms with Crippen LogP contribution < -0.4 is 5.32 Å². The highest BCUT2D eigenvalue weighted by atomic mass is 16.5. The van der Waals surface area contributed by atoms with Crippen LogP contribution in [0.15, 0.2) is 24.7 Å². The number of aryl methyl sites for hydroxylation is 1. The summed E-state index contributed by atoms with van der Waals surface area (Å²) in [6.07, 6.45) is 5.42. The zero-order chi connectivity index (χ0) is 12.3. The lowest BCUT2D eigenvalue weighted by atomic mass is 10.4. The van der Waals surface area contributed by atoms with E-state index in [1.165, 1.54) is 0 Å². The minimum Gasteiger partial charge on any atom is -0.383 e. The van der Waals surface area contributed by atoms with Gasteiger partial charge in [0.15, 0.2) is 0 Å². The highest BCUT2D eigenvalue weighted by Gasteiger charge is 2.10. The standard InChI is InChI=1S/C11H17N5O/c1-9(8-17-3)14-11-12-6-7-16(11)10-4-5-13-15(10)2/h4-7,9H,8H2,1-3H3,(H,12,14). The number of nitrogens with one attached hydrogen (secondary N) is 1. The van der Waals surface area contributed by atoms with E-state index in [1.807, 2.05) is 30.8 Å². The van der Waals surface area contributed by atoms with Gasteiger partial charge in [0, 0.05) is 38.7 Å². The molecule has 2 heterocycles. The quantitative estimate of drug-likeness (QED) is 0.841. The molecule has 1 atom stereocenters. The van der Waals surface area contributed by atoms with E-state index in [9.17, 15) is 0 Å². The third-order valence-electron chi connectivity index (χ3n) is 2.47. The molecule has 0 bridgehead atoms. The third-order valence-corrected chi connectivity index (χ3v) is 2.47. The van der Waals surface area contributed by atoms with Gasteiger partial charge in [0.1, 0.15) is 5.82 Å². The van der Waals surface area contributed by atoms with Gasteiger partial charge in [-0.25, -0.2) is 4.98 Å². The van der Waals surface area contributed by atoms with Gasteiger partial charge in [-0.2, -0.15) is 5.10 Å². The molecule has 6 nitrogen and oxygen atoms in total. The molecule has 92 valence electrons. The van der Waals surface area contributed by atoms with E-state index in [0.29, 0.717) is 6.61 Å². The zero-order valence-corrected chi connectivity index (χ0v) is 10.3. The van der Waals surface area contributed by atoms with Crippen LogP contribution in [0.5, 0.6) is 0 Å². The van der Waals surface area contributed by atoms with Crippen LogP contribution in [-0.2, 0) is 11.8 Å². The van der Waals surface area contributed by atoms with Gasteiger partial charge in [-0.05, 0) is 6.92 Å². The lowest BCUT2D eigenvalue weighted by molar-refractivity contribution is 0.190. The Morgan fingerprint density at radius 2 is 2.29 bits per heavy atom. The second kappa shape index (κ2) is 5.01. The van der Waals surface area contributed by atoms with Crippen LogP contribution in [0.1, 0.15) is 6.92 Å². The molecule has 2 aromatic heterocycles. The summed E-state index contributed by atoms with van der Waals surface area (Å²) in [6, 6.07) is 2.14. The SMILES string of the molecule is COCC(C)Nc1nccn1-c1ccnn1C. The molecule has 17 heavy (non-hydrogen) atoms. The summed E-state index contributed by atoms with van der Waals surface area (Å²) in [4.78, 5) is 4.29. The van der Waals surface area contributed by atoms with Crippen LogP contribution in [0.25, 0.3) is 5.82 Å². The average Bonchev–Trinajstić information content (AvgIpc) is 2.87. The summed E-state index contributed by atoms with van der Waals surface area (Å²) in [5.41, 5.74) is 0. The molecule has 6 heteroatoms. The lowest BCUT2D eigenvalue weighted by Gasteiger charge is -2.15. The Kier molecular flexibility index (Phi) is 3.43. The summed E-state index contributed by atoms with van der Waals surface area (Å²) in [7, 11) is 3.59. The fourth-order valence-corrected chi connectivity index (χ4v) is 1.71. The molecule has 0 saturated heterocycles. The molecule has 1 N–H and O–H groups in total. The van der Waals surface area contributed by atoms with Crippen LogP contribution in [0, 0.1) is 0 Å². The fourth-order valence-electron chi connectivity index (χ4n) is 1.71. The molecule has 0 aliphatic rings. The number of nitrogens with zero attached hydrogens (tertiary/aromatic N) is 4. The van der Waals surface area contributed by atoms with Crippen molar-refractivity contribution >= 4 is 5.95 Å². The summed E-state index contributed by atoms with van der Waals surface area (Å²) in [5.74, 6) is 1.76. The van der Waals surface area contributed by atoms with Gasteiger partial charge in [0.05, 0.1) is 12.8 Å². The van der Waals surface area contributed by atoms with Gasteiger partial charge in [-0.15, -0.1) is 0 Å². The number of hydrogen-bond acceptors (Lipinski definition) is 4. The smallest absolute Gasteiger partial charge is 0.208 e.